The number of imide groups is 1. The zero-order valence-electron chi connectivity index (χ0n) is 13.9. The number of benzene rings is 1. The van der Waals surface area contributed by atoms with Crippen LogP contribution in [0.25, 0.3) is 10.2 Å². The lowest BCUT2D eigenvalue weighted by Crippen LogP contribution is -2.50. The van der Waals surface area contributed by atoms with Crippen LogP contribution in [0.4, 0.5) is 4.79 Å². The summed E-state index contributed by atoms with van der Waals surface area (Å²) in [5.41, 5.74) is 1.07. The van der Waals surface area contributed by atoms with Gasteiger partial charge < -0.3 is 5.32 Å². The molecular formula is C17H22N4O2S. The summed E-state index contributed by atoms with van der Waals surface area (Å²) in [6.07, 6.45) is 1.97. The molecule has 3 amide bonds. The Morgan fingerprint density at radius 2 is 2.00 bits per heavy atom. The first-order valence-corrected chi connectivity index (χ1v) is 9.02. The number of aromatic nitrogens is 1. The van der Waals surface area contributed by atoms with E-state index in [0.717, 1.165) is 31.4 Å². The maximum atomic E-state index is 12.1. The number of carbonyl (C=O) groups is 2. The second kappa shape index (κ2) is 7.27. The SMILES string of the molecule is CNC(=O)NC(=O)C(C)N1CCC(c2nc3ccccc3s2)CC1. The second-order valence-electron chi connectivity index (χ2n) is 6.07. The number of piperidine rings is 1. The number of para-hydroxylation sites is 1. The Morgan fingerprint density at radius 3 is 2.67 bits per heavy atom. The molecule has 6 nitrogen and oxygen atoms in total. The van der Waals surface area contributed by atoms with Gasteiger partial charge in [-0.25, -0.2) is 9.78 Å². The molecule has 128 valence electrons. The van der Waals surface area contributed by atoms with Crippen LogP contribution in [0, 0.1) is 0 Å². The van der Waals surface area contributed by atoms with Gasteiger partial charge in [0.2, 0.25) is 5.91 Å². The van der Waals surface area contributed by atoms with Gasteiger partial charge in [0.25, 0.3) is 0 Å². The maximum Gasteiger partial charge on any atom is 0.321 e. The van der Waals surface area contributed by atoms with E-state index in [1.54, 1.807) is 11.3 Å². The highest BCUT2D eigenvalue weighted by molar-refractivity contribution is 7.18. The Kier molecular flexibility index (Phi) is 5.11. The predicted octanol–water partition coefficient (Wildman–Crippen LogP) is 2.32. The fourth-order valence-electron chi connectivity index (χ4n) is 3.04. The van der Waals surface area contributed by atoms with Crippen LogP contribution in [-0.2, 0) is 4.79 Å². The van der Waals surface area contributed by atoms with Crippen molar-refractivity contribution < 1.29 is 9.59 Å². The molecule has 0 bridgehead atoms. The Labute approximate surface area is 145 Å². The lowest BCUT2D eigenvalue weighted by Gasteiger charge is -2.34. The van der Waals surface area contributed by atoms with E-state index in [4.69, 9.17) is 4.98 Å². The summed E-state index contributed by atoms with van der Waals surface area (Å²) in [7, 11) is 1.50. The summed E-state index contributed by atoms with van der Waals surface area (Å²) < 4.78 is 1.23. The standard InChI is InChI=1S/C17H22N4O2S/c1-11(15(22)20-17(23)18-2)21-9-7-12(8-10-21)16-19-13-5-3-4-6-14(13)24-16/h3-6,11-12H,7-10H2,1-2H3,(H2,18,20,22,23). The van der Waals surface area contributed by atoms with Gasteiger partial charge in [0.05, 0.1) is 21.3 Å². The number of nitrogens with one attached hydrogen (secondary N) is 2. The van der Waals surface area contributed by atoms with E-state index in [1.165, 1.54) is 16.8 Å². The van der Waals surface area contributed by atoms with Gasteiger partial charge in [-0.3, -0.25) is 15.0 Å². The smallest absolute Gasteiger partial charge is 0.321 e. The third-order valence-electron chi connectivity index (χ3n) is 4.58. The molecule has 0 saturated carbocycles. The summed E-state index contributed by atoms with van der Waals surface area (Å²) in [5.74, 6) is 0.195. The van der Waals surface area contributed by atoms with E-state index in [9.17, 15) is 9.59 Å². The van der Waals surface area contributed by atoms with Crippen molar-refractivity contribution in [2.75, 3.05) is 20.1 Å². The number of rotatable bonds is 3. The van der Waals surface area contributed by atoms with Gasteiger partial charge in [-0.15, -0.1) is 11.3 Å². The number of urea groups is 1. The van der Waals surface area contributed by atoms with Crippen LogP contribution < -0.4 is 10.6 Å². The predicted molar refractivity (Wildman–Crippen MR) is 95.2 cm³/mol. The Morgan fingerprint density at radius 1 is 1.29 bits per heavy atom. The zero-order valence-corrected chi connectivity index (χ0v) is 14.7. The minimum atomic E-state index is -0.462. The summed E-state index contributed by atoms with van der Waals surface area (Å²) in [6, 6.07) is 7.45. The van der Waals surface area contributed by atoms with Crippen molar-refractivity contribution >= 4 is 33.5 Å². The van der Waals surface area contributed by atoms with Crippen LogP contribution in [0.5, 0.6) is 0 Å². The van der Waals surface area contributed by atoms with Crippen LogP contribution in [0.2, 0.25) is 0 Å². The average Bonchev–Trinajstić information content (AvgIpc) is 3.05. The van der Waals surface area contributed by atoms with Crippen molar-refractivity contribution in [2.45, 2.75) is 31.7 Å². The molecule has 1 aromatic heterocycles. The van der Waals surface area contributed by atoms with Crippen LogP contribution in [-0.4, -0.2) is 48.0 Å². The normalized spacial score (nSPS) is 17.6. The molecule has 1 unspecified atom stereocenters. The van der Waals surface area contributed by atoms with Crippen molar-refractivity contribution in [3.63, 3.8) is 0 Å². The van der Waals surface area contributed by atoms with Crippen molar-refractivity contribution in [1.29, 1.82) is 0 Å². The molecule has 3 rings (SSSR count). The summed E-state index contributed by atoms with van der Waals surface area (Å²) in [5, 5.41) is 5.94. The minimum absolute atomic E-state index is 0.257. The largest absolute Gasteiger partial charge is 0.341 e. The maximum absolute atomic E-state index is 12.1. The third-order valence-corrected chi connectivity index (χ3v) is 5.78. The molecule has 2 aromatic rings. The molecular weight excluding hydrogens is 324 g/mol. The van der Waals surface area contributed by atoms with E-state index in [-0.39, 0.29) is 11.9 Å². The van der Waals surface area contributed by atoms with Gasteiger partial charge in [0.15, 0.2) is 0 Å². The van der Waals surface area contributed by atoms with Crippen LogP contribution in [0.3, 0.4) is 0 Å². The molecule has 0 spiro atoms. The number of hydrogen-bond acceptors (Lipinski definition) is 5. The van der Waals surface area contributed by atoms with Gasteiger partial charge in [0.1, 0.15) is 0 Å². The average molecular weight is 346 g/mol. The van der Waals surface area contributed by atoms with E-state index in [0.29, 0.717) is 5.92 Å². The molecule has 1 aromatic carbocycles. The number of nitrogens with zero attached hydrogens (tertiary/aromatic N) is 2. The Hall–Kier alpha value is -1.99. The van der Waals surface area contributed by atoms with E-state index >= 15 is 0 Å². The van der Waals surface area contributed by atoms with Gasteiger partial charge in [-0.2, -0.15) is 0 Å². The Balaban J connectivity index is 1.59. The van der Waals surface area contributed by atoms with Crippen molar-refractivity contribution in [2.24, 2.45) is 0 Å². The monoisotopic (exact) mass is 346 g/mol. The highest BCUT2D eigenvalue weighted by atomic mass is 32.1. The number of thiazole rings is 1. The van der Waals surface area contributed by atoms with Crippen LogP contribution in [0.15, 0.2) is 24.3 Å². The van der Waals surface area contributed by atoms with Crippen molar-refractivity contribution in [1.82, 2.24) is 20.5 Å². The topological polar surface area (TPSA) is 74.3 Å². The number of hydrogen-bond donors (Lipinski definition) is 2. The fourth-order valence-corrected chi connectivity index (χ4v) is 4.18. The molecule has 0 aliphatic carbocycles. The first-order chi connectivity index (χ1) is 11.6. The first-order valence-electron chi connectivity index (χ1n) is 8.20. The van der Waals surface area contributed by atoms with Crippen molar-refractivity contribution in [3.05, 3.63) is 29.3 Å². The molecule has 2 N–H and O–H groups in total. The molecule has 2 heterocycles. The third kappa shape index (κ3) is 3.57. The van der Waals surface area contributed by atoms with Crippen LogP contribution >= 0.6 is 11.3 Å². The second-order valence-corrected chi connectivity index (χ2v) is 7.14. The molecule has 1 fully saturated rings. The fraction of sp³-hybridized carbons (Fsp3) is 0.471. The molecule has 24 heavy (non-hydrogen) atoms. The number of likely N-dealkylation sites (tertiary alicyclic amines) is 1. The van der Waals surface area contributed by atoms with Crippen molar-refractivity contribution in [3.8, 4) is 0 Å². The summed E-state index contributed by atoms with van der Waals surface area (Å²) in [6.45, 7) is 3.52. The van der Waals surface area contributed by atoms with E-state index < -0.39 is 6.03 Å². The molecule has 0 radical (unpaired) electrons. The summed E-state index contributed by atoms with van der Waals surface area (Å²) in [4.78, 5) is 30.2. The summed E-state index contributed by atoms with van der Waals surface area (Å²) >= 11 is 1.77. The van der Waals surface area contributed by atoms with Gasteiger partial charge in [0, 0.05) is 13.0 Å². The number of carbonyl (C=O) groups excluding carboxylic acids is 2. The zero-order chi connectivity index (χ0) is 17.1. The van der Waals surface area contributed by atoms with Gasteiger partial charge in [-0.05, 0) is 45.0 Å². The van der Waals surface area contributed by atoms with E-state index in [2.05, 4.69) is 27.7 Å². The molecule has 1 aliphatic rings. The molecule has 1 saturated heterocycles. The van der Waals surface area contributed by atoms with Gasteiger partial charge in [-0.1, -0.05) is 12.1 Å². The molecule has 1 atom stereocenters. The highest BCUT2D eigenvalue weighted by Crippen LogP contribution is 2.34. The Bertz CT molecular complexity index is 704. The van der Waals surface area contributed by atoms with Crippen LogP contribution in [0.1, 0.15) is 30.7 Å². The highest BCUT2D eigenvalue weighted by Gasteiger charge is 2.29. The molecule has 1 aliphatic heterocycles. The molecule has 7 heteroatoms. The van der Waals surface area contributed by atoms with E-state index in [1.807, 2.05) is 19.1 Å². The minimum Gasteiger partial charge on any atom is -0.341 e. The lowest BCUT2D eigenvalue weighted by molar-refractivity contribution is -0.125. The quantitative estimate of drug-likeness (QED) is 0.894. The number of fused-ring (bicyclic) bond motifs is 1. The lowest BCUT2D eigenvalue weighted by atomic mass is 9.96. The van der Waals surface area contributed by atoms with Gasteiger partial charge >= 0.3 is 6.03 Å². The first kappa shape index (κ1) is 16.9. The number of amides is 3.